The van der Waals surface area contributed by atoms with Crippen molar-refractivity contribution in [3.63, 3.8) is 0 Å². The van der Waals surface area contributed by atoms with E-state index in [-0.39, 0.29) is 22.5 Å². The van der Waals surface area contributed by atoms with Crippen LogP contribution in [0.4, 0.5) is 5.69 Å². The molecule has 1 aliphatic heterocycles. The van der Waals surface area contributed by atoms with E-state index in [0.717, 1.165) is 0 Å². The Morgan fingerprint density at radius 2 is 2.05 bits per heavy atom. The van der Waals surface area contributed by atoms with Crippen LogP contribution in [0.3, 0.4) is 0 Å². The number of nitro groups is 1. The topological polar surface area (TPSA) is 107 Å². The van der Waals surface area contributed by atoms with Gasteiger partial charge in [0.1, 0.15) is 0 Å². The lowest BCUT2D eigenvalue weighted by Crippen LogP contribution is -2.35. The molecule has 0 saturated carbocycles. The molecule has 8 heteroatoms. The maximum Gasteiger partial charge on any atom is 0.289 e. The molecular formula is C14H21N3O4S. The van der Waals surface area contributed by atoms with E-state index in [0.29, 0.717) is 30.6 Å². The van der Waals surface area contributed by atoms with Crippen molar-refractivity contribution in [2.75, 3.05) is 19.6 Å². The molecule has 0 bridgehead atoms. The first-order chi connectivity index (χ1) is 10.1. The Morgan fingerprint density at radius 3 is 2.55 bits per heavy atom. The number of aryl methyl sites for hydroxylation is 1. The normalized spacial score (nSPS) is 22.9. The molecule has 122 valence electrons. The summed E-state index contributed by atoms with van der Waals surface area (Å²) in [5.74, 6) is 0. The van der Waals surface area contributed by atoms with Gasteiger partial charge in [-0.2, -0.15) is 4.31 Å². The van der Waals surface area contributed by atoms with Gasteiger partial charge >= 0.3 is 0 Å². The van der Waals surface area contributed by atoms with Gasteiger partial charge in [0.15, 0.2) is 4.90 Å². The van der Waals surface area contributed by atoms with Crippen LogP contribution >= 0.6 is 0 Å². The molecule has 1 unspecified atom stereocenters. The van der Waals surface area contributed by atoms with Crippen LogP contribution in [-0.2, 0) is 10.0 Å². The fraction of sp³-hybridized carbons (Fsp3) is 0.571. The summed E-state index contributed by atoms with van der Waals surface area (Å²) in [4.78, 5) is 10.4. The number of nitro benzene ring substituents is 1. The highest BCUT2D eigenvalue weighted by Gasteiger charge is 2.42. The largest absolute Gasteiger partial charge is 0.330 e. The fourth-order valence-corrected chi connectivity index (χ4v) is 4.75. The molecule has 1 aromatic carbocycles. The lowest BCUT2D eigenvalue weighted by Gasteiger charge is -2.23. The van der Waals surface area contributed by atoms with E-state index in [1.807, 2.05) is 6.92 Å². The molecule has 1 fully saturated rings. The van der Waals surface area contributed by atoms with Crippen LogP contribution in [0.5, 0.6) is 0 Å². The lowest BCUT2D eigenvalue weighted by atomic mass is 9.90. The van der Waals surface area contributed by atoms with Gasteiger partial charge in [0.2, 0.25) is 10.0 Å². The highest BCUT2D eigenvalue weighted by molar-refractivity contribution is 7.89. The molecule has 1 aliphatic rings. The van der Waals surface area contributed by atoms with Crippen LogP contribution < -0.4 is 5.73 Å². The van der Waals surface area contributed by atoms with Gasteiger partial charge in [0.05, 0.1) is 4.92 Å². The summed E-state index contributed by atoms with van der Waals surface area (Å²) in [6.07, 6.45) is 0.654. The van der Waals surface area contributed by atoms with E-state index in [4.69, 9.17) is 5.73 Å². The third-order valence-corrected chi connectivity index (χ3v) is 6.49. The van der Waals surface area contributed by atoms with E-state index in [1.165, 1.54) is 10.4 Å². The minimum absolute atomic E-state index is 0.196. The Morgan fingerprint density at radius 1 is 1.41 bits per heavy atom. The van der Waals surface area contributed by atoms with Crippen LogP contribution in [0.2, 0.25) is 0 Å². The summed E-state index contributed by atoms with van der Waals surface area (Å²) in [6.45, 7) is 6.28. The van der Waals surface area contributed by atoms with Crippen molar-refractivity contribution in [2.24, 2.45) is 11.1 Å². The SMILES string of the molecule is Cc1ccc([N+](=O)[O-])c(S(=O)(=O)N2CCC(C)(CN)C2)c1C. The molecule has 0 spiro atoms. The molecule has 1 saturated heterocycles. The van der Waals surface area contributed by atoms with Crippen molar-refractivity contribution in [1.82, 2.24) is 4.31 Å². The molecular weight excluding hydrogens is 306 g/mol. The predicted octanol–water partition coefficient (Wildman–Crippen LogP) is 1.57. The maximum absolute atomic E-state index is 12.9. The minimum Gasteiger partial charge on any atom is -0.330 e. The van der Waals surface area contributed by atoms with Crippen LogP contribution in [0, 0.1) is 29.4 Å². The van der Waals surface area contributed by atoms with Gasteiger partial charge in [-0.25, -0.2) is 8.42 Å². The number of nitrogens with two attached hydrogens (primary N) is 1. The molecule has 7 nitrogen and oxygen atoms in total. The van der Waals surface area contributed by atoms with Gasteiger partial charge in [0, 0.05) is 19.2 Å². The van der Waals surface area contributed by atoms with Gasteiger partial charge in [-0.1, -0.05) is 13.0 Å². The molecule has 1 aromatic rings. The maximum atomic E-state index is 12.9. The molecule has 0 aromatic heterocycles. The molecule has 22 heavy (non-hydrogen) atoms. The average Bonchev–Trinajstić information content (AvgIpc) is 2.85. The van der Waals surface area contributed by atoms with Crippen molar-refractivity contribution < 1.29 is 13.3 Å². The Bertz CT molecular complexity index is 717. The standard InChI is InChI=1S/C14H21N3O4S/c1-10-4-5-12(17(18)19)13(11(10)2)22(20,21)16-7-6-14(3,8-15)9-16/h4-5H,6-9,15H2,1-3H3. The van der Waals surface area contributed by atoms with Crippen LogP contribution in [-0.4, -0.2) is 37.3 Å². The third-order valence-electron chi connectivity index (χ3n) is 4.47. The molecule has 1 heterocycles. The Hall–Kier alpha value is -1.51. The van der Waals surface area contributed by atoms with Crippen molar-refractivity contribution >= 4 is 15.7 Å². The van der Waals surface area contributed by atoms with Crippen LogP contribution in [0.1, 0.15) is 24.5 Å². The zero-order valence-corrected chi connectivity index (χ0v) is 13.8. The fourth-order valence-electron chi connectivity index (χ4n) is 2.72. The molecule has 0 radical (unpaired) electrons. The lowest BCUT2D eigenvalue weighted by molar-refractivity contribution is -0.388. The zero-order valence-electron chi connectivity index (χ0n) is 13.0. The molecule has 0 aliphatic carbocycles. The number of hydrogen-bond acceptors (Lipinski definition) is 5. The molecule has 1 atom stereocenters. The molecule has 2 N–H and O–H groups in total. The highest BCUT2D eigenvalue weighted by atomic mass is 32.2. The van der Waals surface area contributed by atoms with Crippen molar-refractivity contribution in [1.29, 1.82) is 0 Å². The summed E-state index contributed by atoms with van der Waals surface area (Å²) < 4.78 is 27.1. The first kappa shape index (κ1) is 16.9. The van der Waals surface area contributed by atoms with E-state index in [1.54, 1.807) is 19.9 Å². The summed E-state index contributed by atoms with van der Waals surface area (Å²) in [7, 11) is -3.91. The Kier molecular flexibility index (Phi) is 4.29. The van der Waals surface area contributed by atoms with E-state index < -0.39 is 14.9 Å². The van der Waals surface area contributed by atoms with Crippen LogP contribution in [0.25, 0.3) is 0 Å². The summed E-state index contributed by atoms with van der Waals surface area (Å²) >= 11 is 0. The summed E-state index contributed by atoms with van der Waals surface area (Å²) in [6, 6.07) is 2.83. The summed E-state index contributed by atoms with van der Waals surface area (Å²) in [5.41, 5.74) is 6.20. The molecule has 2 rings (SSSR count). The monoisotopic (exact) mass is 327 g/mol. The van der Waals surface area contributed by atoms with E-state index in [2.05, 4.69) is 0 Å². The van der Waals surface area contributed by atoms with E-state index in [9.17, 15) is 18.5 Å². The Labute approximate surface area is 130 Å². The molecule has 0 amide bonds. The second-order valence-electron chi connectivity index (χ2n) is 6.22. The predicted molar refractivity (Wildman–Crippen MR) is 83.1 cm³/mol. The third kappa shape index (κ3) is 2.73. The highest BCUT2D eigenvalue weighted by Crippen LogP contribution is 2.37. The van der Waals surface area contributed by atoms with Gasteiger partial charge in [-0.15, -0.1) is 0 Å². The number of sulfonamides is 1. The van der Waals surface area contributed by atoms with Gasteiger partial charge in [0.25, 0.3) is 5.69 Å². The number of rotatable bonds is 4. The minimum atomic E-state index is -3.91. The number of benzene rings is 1. The van der Waals surface area contributed by atoms with Gasteiger partial charge in [-0.3, -0.25) is 10.1 Å². The average molecular weight is 327 g/mol. The second kappa shape index (κ2) is 5.60. The van der Waals surface area contributed by atoms with Crippen molar-refractivity contribution in [3.8, 4) is 0 Å². The van der Waals surface area contributed by atoms with E-state index >= 15 is 0 Å². The van der Waals surface area contributed by atoms with Gasteiger partial charge < -0.3 is 5.73 Å². The quantitative estimate of drug-likeness (QED) is 0.667. The number of nitrogens with zero attached hydrogens (tertiary/aromatic N) is 2. The Balaban J connectivity index is 2.56. The summed E-state index contributed by atoms with van der Waals surface area (Å²) in [5, 5.41) is 11.2. The number of hydrogen-bond donors (Lipinski definition) is 1. The zero-order chi connectivity index (χ0) is 16.7. The van der Waals surface area contributed by atoms with Gasteiger partial charge in [-0.05, 0) is 43.4 Å². The first-order valence-electron chi connectivity index (χ1n) is 7.07. The second-order valence-corrected chi connectivity index (χ2v) is 8.09. The van der Waals surface area contributed by atoms with Crippen molar-refractivity contribution in [2.45, 2.75) is 32.1 Å². The first-order valence-corrected chi connectivity index (χ1v) is 8.51. The smallest absolute Gasteiger partial charge is 0.289 e. The van der Waals surface area contributed by atoms with Crippen molar-refractivity contribution in [3.05, 3.63) is 33.4 Å². The van der Waals surface area contributed by atoms with Crippen LogP contribution in [0.15, 0.2) is 17.0 Å².